The van der Waals surface area contributed by atoms with Crippen LogP contribution in [0, 0.1) is 5.92 Å². The van der Waals surface area contributed by atoms with Crippen molar-refractivity contribution < 1.29 is 14.4 Å². The normalized spacial score (nSPS) is 17.2. The highest BCUT2D eigenvalue weighted by molar-refractivity contribution is 6.27. The van der Waals surface area contributed by atoms with Gasteiger partial charge in [-0.15, -0.1) is 0 Å². The second-order valence-corrected chi connectivity index (χ2v) is 7.26. The Morgan fingerprint density at radius 2 is 1.73 bits per heavy atom. The number of benzene rings is 2. The fraction of sp³-hybridized carbons (Fsp3) is 0.381. The summed E-state index contributed by atoms with van der Waals surface area (Å²) >= 11 is 0. The highest BCUT2D eigenvalue weighted by Gasteiger charge is 2.25. The van der Waals surface area contributed by atoms with Crippen molar-refractivity contribution in [3.05, 3.63) is 41.5 Å². The van der Waals surface area contributed by atoms with E-state index in [1.54, 1.807) is 24.3 Å². The Kier molecular flexibility index (Phi) is 4.45. The van der Waals surface area contributed by atoms with E-state index in [-0.39, 0.29) is 5.91 Å². The summed E-state index contributed by atoms with van der Waals surface area (Å²) in [5.74, 6) is -0.141. The van der Waals surface area contributed by atoms with Crippen LogP contribution in [-0.4, -0.2) is 17.7 Å². The SMILES string of the molecule is O=C(CCC1CCCCC1)Nc1ccc2c3c(cccc13)C(=O)NC2=O. The van der Waals surface area contributed by atoms with Crippen LogP contribution in [0.4, 0.5) is 5.69 Å². The summed E-state index contributed by atoms with van der Waals surface area (Å²) in [7, 11) is 0. The van der Waals surface area contributed by atoms with Gasteiger partial charge in [0.05, 0.1) is 0 Å². The van der Waals surface area contributed by atoms with E-state index in [4.69, 9.17) is 0 Å². The van der Waals surface area contributed by atoms with E-state index >= 15 is 0 Å². The molecule has 26 heavy (non-hydrogen) atoms. The number of carbonyl (C=O) groups is 3. The van der Waals surface area contributed by atoms with Crippen molar-refractivity contribution in [2.45, 2.75) is 44.9 Å². The Morgan fingerprint density at radius 3 is 2.50 bits per heavy atom. The van der Waals surface area contributed by atoms with Gasteiger partial charge in [0.15, 0.2) is 0 Å². The monoisotopic (exact) mass is 350 g/mol. The Bertz CT molecular complexity index is 877. The molecule has 5 heteroatoms. The van der Waals surface area contributed by atoms with Gasteiger partial charge in [0.2, 0.25) is 5.91 Å². The molecule has 2 N–H and O–H groups in total. The third kappa shape index (κ3) is 3.09. The molecule has 1 aliphatic heterocycles. The number of hydrogen-bond donors (Lipinski definition) is 2. The maximum Gasteiger partial charge on any atom is 0.258 e. The molecule has 0 spiro atoms. The van der Waals surface area contributed by atoms with Crippen molar-refractivity contribution in [2.75, 3.05) is 5.32 Å². The van der Waals surface area contributed by atoms with Crippen molar-refractivity contribution in [2.24, 2.45) is 5.92 Å². The van der Waals surface area contributed by atoms with Crippen LogP contribution in [-0.2, 0) is 4.79 Å². The Morgan fingerprint density at radius 1 is 1.00 bits per heavy atom. The smallest absolute Gasteiger partial charge is 0.258 e. The number of nitrogens with one attached hydrogen (secondary N) is 2. The molecule has 0 atom stereocenters. The molecule has 4 rings (SSSR count). The molecule has 0 radical (unpaired) electrons. The van der Waals surface area contributed by atoms with Gasteiger partial charge in [-0.1, -0.05) is 44.2 Å². The molecule has 134 valence electrons. The van der Waals surface area contributed by atoms with Crippen LogP contribution in [0.1, 0.15) is 65.7 Å². The Balaban J connectivity index is 1.56. The molecule has 3 amide bonds. The molecule has 1 heterocycles. The highest BCUT2D eigenvalue weighted by Crippen LogP contribution is 2.32. The summed E-state index contributed by atoms with van der Waals surface area (Å²) in [6.45, 7) is 0. The van der Waals surface area contributed by atoms with Crippen molar-refractivity contribution in [3.63, 3.8) is 0 Å². The van der Waals surface area contributed by atoms with E-state index in [0.717, 1.165) is 11.8 Å². The minimum atomic E-state index is -0.395. The number of anilines is 1. The third-order valence-corrected chi connectivity index (χ3v) is 5.54. The van der Waals surface area contributed by atoms with E-state index in [1.165, 1.54) is 32.1 Å². The standard InChI is InChI=1S/C21H22N2O3/c24-18(12-9-13-5-2-1-3-6-13)22-17-11-10-16-19-14(17)7-4-8-15(19)20(25)23-21(16)26/h4,7-8,10-11,13H,1-3,5-6,9,12H2,(H,22,24)(H,23,25,26). The lowest BCUT2D eigenvalue weighted by Crippen LogP contribution is -2.34. The van der Waals surface area contributed by atoms with Gasteiger partial charge in [-0.05, 0) is 30.5 Å². The fourth-order valence-corrected chi connectivity index (χ4v) is 4.16. The molecule has 0 unspecified atom stereocenters. The van der Waals surface area contributed by atoms with Crippen LogP contribution in [0.15, 0.2) is 30.3 Å². The van der Waals surface area contributed by atoms with Gasteiger partial charge in [-0.3, -0.25) is 19.7 Å². The molecule has 2 aliphatic rings. The van der Waals surface area contributed by atoms with E-state index in [1.807, 2.05) is 6.07 Å². The minimum Gasteiger partial charge on any atom is -0.326 e. The summed E-state index contributed by atoms with van der Waals surface area (Å²) in [5, 5.41) is 6.67. The molecular formula is C21H22N2O3. The van der Waals surface area contributed by atoms with Gasteiger partial charge >= 0.3 is 0 Å². The number of imide groups is 1. The minimum absolute atomic E-state index is 0.0112. The Labute approximate surface area is 152 Å². The summed E-state index contributed by atoms with van der Waals surface area (Å²) in [5.41, 5.74) is 1.59. The largest absolute Gasteiger partial charge is 0.326 e. The summed E-state index contributed by atoms with van der Waals surface area (Å²) in [4.78, 5) is 36.6. The topological polar surface area (TPSA) is 75.3 Å². The molecule has 2 aromatic rings. The van der Waals surface area contributed by atoms with E-state index in [9.17, 15) is 14.4 Å². The molecular weight excluding hydrogens is 328 g/mol. The van der Waals surface area contributed by atoms with Crippen LogP contribution < -0.4 is 10.6 Å². The van der Waals surface area contributed by atoms with E-state index in [2.05, 4.69) is 10.6 Å². The van der Waals surface area contributed by atoms with Gasteiger partial charge < -0.3 is 5.32 Å². The summed E-state index contributed by atoms with van der Waals surface area (Å²) < 4.78 is 0. The molecule has 5 nitrogen and oxygen atoms in total. The second kappa shape index (κ2) is 6.90. The first kappa shape index (κ1) is 16.8. The lowest BCUT2D eigenvalue weighted by atomic mass is 9.86. The maximum absolute atomic E-state index is 12.4. The summed E-state index contributed by atoms with van der Waals surface area (Å²) in [6, 6.07) is 8.72. The first-order valence-corrected chi connectivity index (χ1v) is 9.35. The van der Waals surface area contributed by atoms with Crippen molar-refractivity contribution in [1.82, 2.24) is 5.32 Å². The fourth-order valence-electron chi connectivity index (χ4n) is 4.16. The summed E-state index contributed by atoms with van der Waals surface area (Å²) in [6.07, 6.45) is 7.75. The van der Waals surface area contributed by atoms with Crippen molar-refractivity contribution in [3.8, 4) is 0 Å². The molecule has 1 saturated carbocycles. The number of amides is 3. The number of rotatable bonds is 4. The van der Waals surface area contributed by atoms with Crippen molar-refractivity contribution >= 4 is 34.2 Å². The van der Waals surface area contributed by atoms with Gasteiger partial charge in [0.1, 0.15) is 0 Å². The van der Waals surface area contributed by atoms with Crippen LogP contribution in [0.2, 0.25) is 0 Å². The second-order valence-electron chi connectivity index (χ2n) is 7.26. The lowest BCUT2D eigenvalue weighted by molar-refractivity contribution is -0.116. The molecule has 2 aromatic carbocycles. The predicted octanol–water partition coefficient (Wildman–Crippen LogP) is 4.02. The quantitative estimate of drug-likeness (QED) is 0.818. The molecule has 0 aromatic heterocycles. The number of carbonyl (C=O) groups excluding carboxylic acids is 3. The third-order valence-electron chi connectivity index (χ3n) is 5.54. The van der Waals surface area contributed by atoms with Gasteiger partial charge in [0.25, 0.3) is 11.8 Å². The van der Waals surface area contributed by atoms with Crippen LogP contribution >= 0.6 is 0 Å². The zero-order chi connectivity index (χ0) is 18.1. The predicted molar refractivity (Wildman–Crippen MR) is 100 cm³/mol. The lowest BCUT2D eigenvalue weighted by Gasteiger charge is -2.21. The number of hydrogen-bond acceptors (Lipinski definition) is 3. The molecule has 0 saturated heterocycles. The maximum atomic E-state index is 12.4. The van der Waals surface area contributed by atoms with E-state index < -0.39 is 11.8 Å². The van der Waals surface area contributed by atoms with Crippen LogP contribution in [0.3, 0.4) is 0 Å². The average molecular weight is 350 g/mol. The zero-order valence-corrected chi connectivity index (χ0v) is 14.6. The van der Waals surface area contributed by atoms with Crippen LogP contribution in [0.5, 0.6) is 0 Å². The Hall–Kier alpha value is -2.69. The molecule has 0 bridgehead atoms. The molecule has 1 fully saturated rings. The van der Waals surface area contributed by atoms with Gasteiger partial charge in [0, 0.05) is 34.0 Å². The zero-order valence-electron chi connectivity index (χ0n) is 14.6. The van der Waals surface area contributed by atoms with Gasteiger partial charge in [-0.2, -0.15) is 0 Å². The van der Waals surface area contributed by atoms with Crippen molar-refractivity contribution in [1.29, 1.82) is 0 Å². The highest BCUT2D eigenvalue weighted by atomic mass is 16.2. The van der Waals surface area contributed by atoms with E-state index in [0.29, 0.717) is 34.5 Å². The van der Waals surface area contributed by atoms with Gasteiger partial charge in [-0.25, -0.2) is 0 Å². The van der Waals surface area contributed by atoms with Crippen LogP contribution in [0.25, 0.3) is 10.8 Å². The average Bonchev–Trinajstić information content (AvgIpc) is 2.66. The molecule has 1 aliphatic carbocycles. The first-order valence-electron chi connectivity index (χ1n) is 9.35. The first-order chi connectivity index (χ1) is 12.6.